The highest BCUT2D eigenvalue weighted by molar-refractivity contribution is 7.86. The third kappa shape index (κ3) is 2.63. The van der Waals surface area contributed by atoms with Gasteiger partial charge < -0.3 is 14.0 Å². The van der Waals surface area contributed by atoms with Crippen LogP contribution in [-0.2, 0) is 29.2 Å². The Kier molecular flexibility index (Phi) is 4.16. The Bertz CT molecular complexity index is 808. The Hall–Kier alpha value is -1.55. The summed E-state index contributed by atoms with van der Waals surface area (Å²) >= 11 is 0. The van der Waals surface area contributed by atoms with E-state index in [0.29, 0.717) is 18.3 Å². The lowest BCUT2D eigenvalue weighted by molar-refractivity contribution is -0.168. The number of rotatable bonds is 5. The largest absolute Gasteiger partial charge is 0.743 e. The number of allylic oxidation sites excluding steroid dienone is 2. The minimum Gasteiger partial charge on any atom is -0.743 e. The molecular weight excluding hydrogens is 386 g/mol. The topological polar surface area (TPSA) is 110 Å². The molecule has 0 N–H and O–H groups in total. The van der Waals surface area contributed by atoms with Gasteiger partial charge in [0.05, 0.1) is 18.9 Å². The summed E-state index contributed by atoms with van der Waals surface area (Å²) in [6.45, 7) is -1.85. The van der Waals surface area contributed by atoms with Crippen molar-refractivity contribution < 1.29 is 40.8 Å². The first-order chi connectivity index (χ1) is 12.6. The molecule has 0 amide bonds. The quantitative estimate of drug-likeness (QED) is 0.292. The normalized spacial score (nSPS) is 41.6. The van der Waals surface area contributed by atoms with E-state index < -0.39 is 45.8 Å². The lowest BCUT2D eigenvalue weighted by Crippen LogP contribution is -2.45. The summed E-state index contributed by atoms with van der Waals surface area (Å²) in [6, 6.07) is 0. The maximum Gasteiger partial charge on any atom is 0.367 e. The van der Waals surface area contributed by atoms with Crippen LogP contribution in [0.2, 0.25) is 0 Å². The van der Waals surface area contributed by atoms with E-state index in [1.807, 2.05) is 0 Å². The molecule has 4 bridgehead atoms. The molecule has 10 heteroatoms. The Morgan fingerprint density at radius 1 is 1.07 bits per heavy atom. The maximum atomic E-state index is 13.3. The fraction of sp³-hybridized carbons (Fsp3) is 0.765. The average molecular weight is 405 g/mol. The van der Waals surface area contributed by atoms with Gasteiger partial charge in [0.15, 0.2) is 16.7 Å². The number of hydrogen-bond donors (Lipinski definition) is 0. The maximum absolute atomic E-state index is 13.3. The lowest BCUT2D eigenvalue weighted by Gasteiger charge is -2.39. The van der Waals surface area contributed by atoms with Gasteiger partial charge in [0.1, 0.15) is 0 Å². The van der Waals surface area contributed by atoms with Crippen molar-refractivity contribution in [2.45, 2.75) is 18.1 Å². The highest BCUT2D eigenvalue weighted by Gasteiger charge is 2.68. The molecule has 4 aliphatic rings. The molecule has 0 spiro atoms. The van der Waals surface area contributed by atoms with Crippen molar-refractivity contribution in [3.63, 3.8) is 0 Å². The van der Waals surface area contributed by atoms with E-state index in [-0.39, 0.29) is 23.7 Å². The van der Waals surface area contributed by atoms with E-state index in [0.717, 1.165) is 6.42 Å². The third-order valence-corrected chi connectivity index (χ3v) is 7.77. The molecule has 3 fully saturated rings. The van der Waals surface area contributed by atoms with Crippen molar-refractivity contribution in [3.8, 4) is 0 Å². The van der Waals surface area contributed by atoms with Gasteiger partial charge in [-0.3, -0.25) is 9.59 Å². The van der Waals surface area contributed by atoms with E-state index in [9.17, 15) is 31.3 Å². The minimum absolute atomic E-state index is 0.0892. The summed E-state index contributed by atoms with van der Waals surface area (Å²) in [6.07, 6.45) is 5.83. The standard InChI is InChI=1S/C17H20F2O7S/c1-25-15(20)13-9-5-10(12-8-3-2-7(4-8)11(9)12)14(13)16(21)26-6-17(18,19)27(22,23)24/h2-3,7-14H,4-6H2,1H3,(H,22,23,24)/p-1. The number of carbonyl (C=O) groups excluding carboxylic acids is 2. The molecule has 150 valence electrons. The molecule has 8 unspecified atom stereocenters. The zero-order valence-corrected chi connectivity index (χ0v) is 15.2. The molecule has 0 saturated heterocycles. The molecule has 4 aliphatic carbocycles. The molecule has 0 aromatic carbocycles. The van der Waals surface area contributed by atoms with Crippen LogP contribution in [0.3, 0.4) is 0 Å². The number of fused-ring (bicyclic) bond motifs is 9. The van der Waals surface area contributed by atoms with Gasteiger partial charge in [-0.25, -0.2) is 8.42 Å². The van der Waals surface area contributed by atoms with Crippen LogP contribution in [0.4, 0.5) is 8.78 Å². The van der Waals surface area contributed by atoms with Gasteiger partial charge >= 0.3 is 17.2 Å². The molecule has 0 aromatic heterocycles. The second-order valence-corrected chi connectivity index (χ2v) is 9.45. The average Bonchev–Trinajstić information content (AvgIpc) is 3.34. The van der Waals surface area contributed by atoms with Gasteiger partial charge in [-0.1, -0.05) is 12.2 Å². The fourth-order valence-corrected chi connectivity index (χ4v) is 6.34. The summed E-state index contributed by atoms with van der Waals surface area (Å²) in [4.78, 5) is 24.9. The summed E-state index contributed by atoms with van der Waals surface area (Å²) in [5, 5.41) is -4.71. The van der Waals surface area contributed by atoms with Crippen molar-refractivity contribution in [3.05, 3.63) is 12.2 Å². The first-order valence-electron chi connectivity index (χ1n) is 8.83. The van der Waals surface area contributed by atoms with Crippen LogP contribution in [0, 0.1) is 47.3 Å². The number of esters is 2. The molecule has 0 radical (unpaired) electrons. The second-order valence-electron chi connectivity index (χ2n) is 7.94. The molecule has 8 atom stereocenters. The summed E-state index contributed by atoms with van der Waals surface area (Å²) in [5.41, 5.74) is 0. The highest BCUT2D eigenvalue weighted by atomic mass is 32.2. The van der Waals surface area contributed by atoms with Crippen LogP contribution in [0.1, 0.15) is 12.8 Å². The molecule has 0 aromatic rings. The van der Waals surface area contributed by atoms with Crippen molar-refractivity contribution in [2.75, 3.05) is 13.7 Å². The summed E-state index contributed by atoms with van der Waals surface area (Å²) in [5.74, 6) is -2.58. The number of hydrogen-bond acceptors (Lipinski definition) is 7. The van der Waals surface area contributed by atoms with Crippen LogP contribution >= 0.6 is 0 Å². The van der Waals surface area contributed by atoms with E-state index >= 15 is 0 Å². The van der Waals surface area contributed by atoms with Gasteiger partial charge in [0, 0.05) is 0 Å². The first-order valence-corrected chi connectivity index (χ1v) is 10.2. The molecule has 0 heterocycles. The van der Waals surface area contributed by atoms with Crippen LogP contribution in [0.25, 0.3) is 0 Å². The molecule has 27 heavy (non-hydrogen) atoms. The lowest BCUT2D eigenvalue weighted by atomic mass is 9.65. The van der Waals surface area contributed by atoms with Crippen LogP contribution in [-0.4, -0.2) is 43.9 Å². The first kappa shape index (κ1) is 18.8. The summed E-state index contributed by atoms with van der Waals surface area (Å²) in [7, 11) is -4.75. The van der Waals surface area contributed by atoms with Gasteiger partial charge in [0.25, 0.3) is 0 Å². The van der Waals surface area contributed by atoms with Crippen LogP contribution < -0.4 is 0 Å². The number of carbonyl (C=O) groups is 2. The third-order valence-electron chi connectivity index (χ3n) is 6.92. The molecule has 4 rings (SSSR count). The fourth-order valence-electron chi connectivity index (χ4n) is 6.14. The van der Waals surface area contributed by atoms with Gasteiger partial charge in [-0.2, -0.15) is 8.78 Å². The number of halogens is 2. The van der Waals surface area contributed by atoms with Crippen LogP contribution in [0.5, 0.6) is 0 Å². The Balaban J connectivity index is 1.56. The zero-order chi connectivity index (χ0) is 19.7. The summed E-state index contributed by atoms with van der Waals surface area (Å²) < 4.78 is 67.8. The highest BCUT2D eigenvalue weighted by Crippen LogP contribution is 2.69. The Morgan fingerprint density at radius 2 is 1.59 bits per heavy atom. The Labute approximate surface area is 154 Å². The molecule has 3 saturated carbocycles. The SMILES string of the molecule is COC(=O)C1C2CC(C1C(=O)OCC(F)(F)S(=O)(=O)[O-])C1C3C=CC(C3)C21. The van der Waals surface area contributed by atoms with Crippen molar-refractivity contribution in [1.82, 2.24) is 0 Å². The predicted molar refractivity (Wildman–Crippen MR) is 83.9 cm³/mol. The van der Waals surface area contributed by atoms with E-state index in [1.54, 1.807) is 0 Å². The van der Waals surface area contributed by atoms with Gasteiger partial charge in [-0.05, 0) is 48.3 Å². The van der Waals surface area contributed by atoms with Crippen LogP contribution in [0.15, 0.2) is 12.2 Å². The van der Waals surface area contributed by atoms with Gasteiger partial charge in [-0.15, -0.1) is 0 Å². The zero-order valence-electron chi connectivity index (χ0n) is 14.4. The van der Waals surface area contributed by atoms with E-state index in [2.05, 4.69) is 16.9 Å². The monoisotopic (exact) mass is 405 g/mol. The van der Waals surface area contributed by atoms with Gasteiger partial charge in [0.2, 0.25) is 0 Å². The second kappa shape index (κ2) is 5.97. The molecular formula is C17H19F2O7S-. The van der Waals surface area contributed by atoms with Crippen molar-refractivity contribution >= 4 is 22.1 Å². The van der Waals surface area contributed by atoms with Crippen molar-refractivity contribution in [1.29, 1.82) is 0 Å². The molecule has 0 aliphatic heterocycles. The number of alkyl halides is 2. The predicted octanol–water partition coefficient (Wildman–Crippen LogP) is 1.16. The number of ether oxygens (including phenoxy) is 2. The molecule has 7 nitrogen and oxygen atoms in total. The Morgan fingerprint density at radius 3 is 2.07 bits per heavy atom. The van der Waals surface area contributed by atoms with E-state index in [1.165, 1.54) is 7.11 Å². The van der Waals surface area contributed by atoms with E-state index in [4.69, 9.17) is 4.74 Å². The number of methoxy groups -OCH3 is 1. The van der Waals surface area contributed by atoms with Crippen molar-refractivity contribution in [2.24, 2.45) is 47.3 Å². The minimum atomic E-state index is -5.95. The smallest absolute Gasteiger partial charge is 0.367 e.